The van der Waals surface area contributed by atoms with Crippen LogP contribution in [0.2, 0.25) is 13.1 Å². The van der Waals surface area contributed by atoms with Gasteiger partial charge in [-0.3, -0.25) is 0 Å². The van der Waals surface area contributed by atoms with Crippen LogP contribution in [0, 0.1) is 27.7 Å². The minimum atomic E-state index is -1.78. The molecule has 0 aliphatic carbocycles. The van der Waals surface area contributed by atoms with Crippen molar-refractivity contribution in [3.8, 4) is 0 Å². The standard InChI is InChI=1S/C30H30BNSi/c1-19-15-21(3)29-23(17-19)24-18-20(2)16-22(4)30(24)32(29)31-25-11-7-9-13-27(25)33(5,6)28-14-10-8-12-26(28)31/h7-18H,1-6H3. The van der Waals surface area contributed by atoms with Crippen LogP contribution >= 0.6 is 0 Å². The molecular formula is C30H30BNSi. The third kappa shape index (κ3) is 2.78. The van der Waals surface area contributed by atoms with E-state index in [9.17, 15) is 0 Å². The van der Waals surface area contributed by atoms with Crippen molar-refractivity contribution in [3.63, 3.8) is 0 Å². The fourth-order valence-electron chi connectivity index (χ4n) is 6.54. The van der Waals surface area contributed by atoms with Crippen LogP contribution in [-0.2, 0) is 0 Å². The van der Waals surface area contributed by atoms with Crippen molar-refractivity contribution < 1.29 is 0 Å². The summed E-state index contributed by atoms with van der Waals surface area (Å²) in [6.45, 7) is 14.2. The van der Waals surface area contributed by atoms with Gasteiger partial charge in [-0.15, -0.1) is 0 Å². The molecule has 0 N–H and O–H groups in total. The molecule has 33 heavy (non-hydrogen) atoms. The molecule has 0 radical (unpaired) electrons. The molecule has 0 saturated heterocycles. The Morgan fingerprint density at radius 2 is 1.03 bits per heavy atom. The Labute approximate surface area is 198 Å². The molecule has 0 spiro atoms. The normalized spacial score (nSPS) is 14.5. The molecule has 0 bridgehead atoms. The van der Waals surface area contributed by atoms with Gasteiger partial charge in [-0.1, -0.05) is 106 Å². The van der Waals surface area contributed by atoms with Crippen molar-refractivity contribution in [1.29, 1.82) is 0 Å². The van der Waals surface area contributed by atoms with Crippen molar-refractivity contribution in [2.75, 3.05) is 0 Å². The van der Waals surface area contributed by atoms with Gasteiger partial charge in [-0.25, -0.2) is 0 Å². The van der Waals surface area contributed by atoms with Crippen LogP contribution in [-0.4, -0.2) is 19.4 Å². The maximum Gasteiger partial charge on any atom is 0.328 e. The molecule has 2 heterocycles. The Kier molecular flexibility index (Phi) is 4.35. The lowest BCUT2D eigenvalue weighted by atomic mass is 9.49. The van der Waals surface area contributed by atoms with Gasteiger partial charge in [0, 0.05) is 21.8 Å². The summed E-state index contributed by atoms with van der Waals surface area (Å²) in [7, 11) is -1.78. The second kappa shape index (κ2) is 6.98. The Hall–Kier alpha value is -3.04. The zero-order chi connectivity index (χ0) is 23.1. The number of rotatable bonds is 1. The van der Waals surface area contributed by atoms with Crippen molar-refractivity contribution in [2.45, 2.75) is 40.8 Å². The zero-order valence-electron chi connectivity index (χ0n) is 20.5. The highest BCUT2D eigenvalue weighted by atomic mass is 28.3. The SMILES string of the molecule is Cc1cc(C)c2c(c1)c1cc(C)cc(C)c1n2B1c2ccccc2[Si](C)(C)c2ccccc21. The minimum absolute atomic E-state index is 0.181. The minimum Gasteiger partial charge on any atom is -0.376 e. The van der Waals surface area contributed by atoms with Crippen molar-refractivity contribution in [2.24, 2.45) is 0 Å². The summed E-state index contributed by atoms with van der Waals surface area (Å²) >= 11 is 0. The molecule has 0 amide bonds. The van der Waals surface area contributed by atoms with Gasteiger partial charge < -0.3 is 4.48 Å². The highest BCUT2D eigenvalue weighted by Gasteiger charge is 2.42. The van der Waals surface area contributed by atoms with Crippen LogP contribution in [0.5, 0.6) is 0 Å². The van der Waals surface area contributed by atoms with Gasteiger partial charge in [0.05, 0.1) is 0 Å². The van der Waals surface area contributed by atoms with Gasteiger partial charge in [0.2, 0.25) is 0 Å². The van der Waals surface area contributed by atoms with Gasteiger partial charge in [0.15, 0.2) is 0 Å². The van der Waals surface area contributed by atoms with Crippen LogP contribution in [0.4, 0.5) is 0 Å². The van der Waals surface area contributed by atoms with E-state index in [4.69, 9.17) is 0 Å². The third-order valence-electron chi connectivity index (χ3n) is 7.78. The van der Waals surface area contributed by atoms with E-state index < -0.39 is 8.07 Å². The molecule has 5 aromatic rings. The van der Waals surface area contributed by atoms with Gasteiger partial charge >= 0.3 is 6.85 Å². The highest BCUT2D eigenvalue weighted by molar-refractivity contribution is 7.11. The summed E-state index contributed by atoms with van der Waals surface area (Å²) in [5.74, 6) is 0. The van der Waals surface area contributed by atoms with E-state index in [-0.39, 0.29) is 6.85 Å². The van der Waals surface area contributed by atoms with E-state index in [1.54, 1.807) is 10.4 Å². The summed E-state index contributed by atoms with van der Waals surface area (Å²) < 4.78 is 2.68. The number of fused-ring (bicyclic) bond motifs is 5. The summed E-state index contributed by atoms with van der Waals surface area (Å²) in [6, 6.07) is 27.9. The second-order valence-corrected chi connectivity index (χ2v) is 14.9. The topological polar surface area (TPSA) is 4.93 Å². The molecule has 162 valence electrons. The molecule has 0 unspecified atom stereocenters. The molecule has 1 aliphatic heterocycles. The van der Waals surface area contributed by atoms with Gasteiger partial charge in [-0.05, 0) is 51.0 Å². The van der Waals surface area contributed by atoms with Crippen molar-refractivity contribution >= 4 is 58.0 Å². The quantitative estimate of drug-likeness (QED) is 0.328. The van der Waals surface area contributed by atoms with Gasteiger partial charge in [0.25, 0.3) is 0 Å². The largest absolute Gasteiger partial charge is 0.376 e. The Morgan fingerprint density at radius 1 is 0.606 bits per heavy atom. The fourth-order valence-corrected chi connectivity index (χ4v) is 9.74. The van der Waals surface area contributed by atoms with Crippen LogP contribution in [0.25, 0.3) is 21.8 Å². The molecule has 6 rings (SSSR count). The van der Waals surface area contributed by atoms with Crippen LogP contribution in [0.3, 0.4) is 0 Å². The van der Waals surface area contributed by atoms with Crippen molar-refractivity contribution in [3.05, 3.63) is 95.1 Å². The van der Waals surface area contributed by atoms with E-state index in [0.717, 1.165) is 0 Å². The number of aromatic nitrogens is 1. The summed E-state index contributed by atoms with van der Waals surface area (Å²) in [4.78, 5) is 0. The second-order valence-electron chi connectivity index (χ2n) is 10.5. The first kappa shape index (κ1) is 20.6. The predicted octanol–water partition coefficient (Wildman–Crippen LogP) is 4.82. The summed E-state index contributed by atoms with van der Waals surface area (Å²) in [5.41, 5.74) is 11.1. The van der Waals surface area contributed by atoms with E-state index in [1.807, 2.05) is 0 Å². The fraction of sp³-hybridized carbons (Fsp3) is 0.200. The highest BCUT2D eigenvalue weighted by Crippen LogP contribution is 2.35. The van der Waals surface area contributed by atoms with Crippen LogP contribution in [0.1, 0.15) is 22.3 Å². The zero-order valence-corrected chi connectivity index (χ0v) is 21.5. The van der Waals surface area contributed by atoms with Crippen LogP contribution in [0.15, 0.2) is 72.8 Å². The van der Waals surface area contributed by atoms with E-state index in [2.05, 4.69) is 118 Å². The molecular weight excluding hydrogens is 413 g/mol. The maximum atomic E-state index is 2.68. The number of hydrogen-bond donors (Lipinski definition) is 0. The van der Waals surface area contributed by atoms with E-state index in [0.29, 0.717) is 0 Å². The molecule has 1 aromatic heterocycles. The number of aryl methyl sites for hydroxylation is 4. The molecule has 0 saturated carbocycles. The maximum absolute atomic E-state index is 2.68. The first-order valence-corrected chi connectivity index (χ1v) is 15.0. The van der Waals surface area contributed by atoms with E-state index in [1.165, 1.54) is 55.0 Å². The molecule has 3 heteroatoms. The molecule has 1 nitrogen and oxygen atoms in total. The summed E-state index contributed by atoms with van der Waals surface area (Å²) in [5, 5.41) is 5.90. The van der Waals surface area contributed by atoms with Gasteiger partial charge in [0.1, 0.15) is 8.07 Å². The first-order valence-electron chi connectivity index (χ1n) is 12.0. The summed E-state index contributed by atoms with van der Waals surface area (Å²) in [6.07, 6.45) is 0. The first-order chi connectivity index (χ1) is 15.8. The molecule has 4 aromatic carbocycles. The Balaban J connectivity index is 1.85. The van der Waals surface area contributed by atoms with Crippen LogP contribution < -0.4 is 21.3 Å². The number of nitrogens with zero attached hydrogens (tertiary/aromatic N) is 1. The molecule has 1 aliphatic rings. The monoisotopic (exact) mass is 443 g/mol. The lowest BCUT2D eigenvalue weighted by Gasteiger charge is -2.38. The molecule has 0 atom stereocenters. The third-order valence-corrected chi connectivity index (χ3v) is 11.4. The molecule has 0 fully saturated rings. The lowest BCUT2D eigenvalue weighted by molar-refractivity contribution is 1.28. The smallest absolute Gasteiger partial charge is 0.328 e. The van der Waals surface area contributed by atoms with E-state index >= 15 is 0 Å². The predicted molar refractivity (Wildman–Crippen MR) is 148 cm³/mol. The van der Waals surface area contributed by atoms with Crippen molar-refractivity contribution in [1.82, 2.24) is 4.48 Å². The number of benzene rings is 4. The van der Waals surface area contributed by atoms with Gasteiger partial charge in [-0.2, -0.15) is 0 Å². The average Bonchev–Trinajstić information content (AvgIpc) is 3.09. The lowest BCUT2D eigenvalue weighted by Crippen LogP contribution is -2.75. The Bertz CT molecular complexity index is 1480. The average molecular weight is 443 g/mol. The Morgan fingerprint density at radius 3 is 1.48 bits per heavy atom. The number of hydrogen-bond acceptors (Lipinski definition) is 0.